The van der Waals surface area contributed by atoms with Crippen LogP contribution >= 0.6 is 0 Å². The number of hydrogen-bond donors (Lipinski definition) is 0. The van der Waals surface area contributed by atoms with Crippen LogP contribution in [0.3, 0.4) is 0 Å². The van der Waals surface area contributed by atoms with Crippen molar-refractivity contribution in [2.24, 2.45) is 0 Å². The van der Waals surface area contributed by atoms with Gasteiger partial charge in [-0.3, -0.25) is 0 Å². The van der Waals surface area contributed by atoms with Crippen LogP contribution in [0.15, 0.2) is 206 Å². The summed E-state index contributed by atoms with van der Waals surface area (Å²) in [6, 6.07) is 72.0. The first-order valence-electron chi connectivity index (χ1n) is 18.1. The molecule has 8 aromatic carbocycles. The van der Waals surface area contributed by atoms with Crippen molar-refractivity contribution in [1.29, 1.82) is 0 Å². The highest BCUT2D eigenvalue weighted by Crippen LogP contribution is 2.46. The second kappa shape index (κ2) is 14.9. The maximum atomic E-state index is 6.61. The third kappa shape index (κ3) is 6.64. The number of rotatable bonds is 10. The van der Waals surface area contributed by atoms with Crippen LogP contribution in [0, 0.1) is 13.8 Å². The van der Waals surface area contributed by atoms with Crippen LogP contribution in [-0.4, -0.2) is 0 Å². The molecule has 0 radical (unpaired) electrons. The van der Waals surface area contributed by atoms with E-state index in [2.05, 4.69) is 196 Å². The van der Waals surface area contributed by atoms with Gasteiger partial charge in [0.05, 0.1) is 5.41 Å². The van der Waals surface area contributed by atoms with Gasteiger partial charge < -0.3 is 9.47 Å². The summed E-state index contributed by atoms with van der Waals surface area (Å²) in [5, 5.41) is 0. The zero-order chi connectivity index (χ0) is 36.0. The lowest BCUT2D eigenvalue weighted by molar-refractivity contribution is 0.483. The molecule has 8 rings (SSSR count). The molecule has 0 atom stereocenters. The molecule has 256 valence electrons. The smallest absolute Gasteiger partial charge is 0.135 e. The van der Waals surface area contributed by atoms with Gasteiger partial charge in [-0.05, 0) is 94.8 Å². The van der Waals surface area contributed by atoms with Crippen molar-refractivity contribution in [2.45, 2.75) is 19.3 Å². The molecule has 0 amide bonds. The average molecular weight is 685 g/mol. The number of ether oxygens (including phenoxy) is 2. The lowest BCUT2D eigenvalue weighted by Gasteiger charge is -2.37. The van der Waals surface area contributed by atoms with E-state index in [1.54, 1.807) is 0 Å². The Kier molecular flexibility index (Phi) is 9.43. The number of hydrogen-bond acceptors (Lipinski definition) is 2. The number of para-hydroxylation sites is 2. The maximum Gasteiger partial charge on any atom is 0.135 e. The third-order valence-corrected chi connectivity index (χ3v) is 10.1. The normalized spacial score (nSPS) is 11.2. The summed E-state index contributed by atoms with van der Waals surface area (Å²) in [6.45, 7) is 4.27. The van der Waals surface area contributed by atoms with Gasteiger partial charge in [0.25, 0.3) is 0 Å². The predicted octanol–water partition coefficient (Wildman–Crippen LogP) is 13.6. The van der Waals surface area contributed by atoms with Gasteiger partial charge in [0.2, 0.25) is 0 Å². The van der Waals surface area contributed by atoms with Crippen molar-refractivity contribution in [3.05, 3.63) is 240 Å². The lowest BCUT2D eigenvalue weighted by Crippen LogP contribution is -2.30. The molecule has 0 unspecified atom stereocenters. The Morgan fingerprint density at radius 1 is 0.283 bits per heavy atom. The topological polar surface area (TPSA) is 18.5 Å². The Bertz CT molecular complexity index is 2270. The summed E-state index contributed by atoms with van der Waals surface area (Å²) in [6.07, 6.45) is 0. The Balaban J connectivity index is 1.19. The standard InChI is InChI=1S/C51H40O2/c1-37-17-9-11-23-45(37)47-25-13-15-27-49(47)52-43-33-29-41(30-34-43)51(39-19-5-3-6-20-39,40-21-7-4-8-22-40)42-31-35-44(36-32-42)53-50-28-16-14-26-48(50)46-24-12-10-18-38(46)2/h3-36H,1-2H3. The first kappa shape index (κ1) is 33.5. The van der Waals surface area contributed by atoms with Crippen molar-refractivity contribution >= 4 is 0 Å². The maximum absolute atomic E-state index is 6.61. The molecule has 0 fully saturated rings. The molecular weight excluding hydrogens is 645 g/mol. The van der Waals surface area contributed by atoms with Crippen molar-refractivity contribution in [2.75, 3.05) is 0 Å². The Morgan fingerprint density at radius 2 is 0.585 bits per heavy atom. The molecule has 0 N–H and O–H groups in total. The van der Waals surface area contributed by atoms with Gasteiger partial charge in [-0.2, -0.15) is 0 Å². The summed E-state index contributed by atoms with van der Waals surface area (Å²) < 4.78 is 13.2. The van der Waals surface area contributed by atoms with E-state index < -0.39 is 5.41 Å². The van der Waals surface area contributed by atoms with Gasteiger partial charge in [-0.15, -0.1) is 0 Å². The Hall–Kier alpha value is -6.64. The summed E-state index contributed by atoms with van der Waals surface area (Å²) in [7, 11) is 0. The van der Waals surface area contributed by atoms with Crippen molar-refractivity contribution < 1.29 is 9.47 Å². The Labute approximate surface area is 312 Å². The molecule has 0 aliphatic heterocycles. The molecule has 0 heterocycles. The molecule has 2 nitrogen and oxygen atoms in total. The monoisotopic (exact) mass is 684 g/mol. The summed E-state index contributed by atoms with van der Waals surface area (Å²) in [5.41, 5.74) is 10.9. The summed E-state index contributed by atoms with van der Waals surface area (Å²) >= 11 is 0. The average Bonchev–Trinajstić information content (AvgIpc) is 3.21. The van der Waals surface area contributed by atoms with E-state index in [1.807, 2.05) is 24.3 Å². The summed E-state index contributed by atoms with van der Waals surface area (Å²) in [4.78, 5) is 0. The quantitative estimate of drug-likeness (QED) is 0.134. The van der Waals surface area contributed by atoms with Crippen LogP contribution in [0.5, 0.6) is 23.0 Å². The van der Waals surface area contributed by atoms with Crippen LogP contribution in [0.4, 0.5) is 0 Å². The molecule has 0 saturated heterocycles. The largest absolute Gasteiger partial charge is 0.457 e. The van der Waals surface area contributed by atoms with E-state index in [4.69, 9.17) is 9.47 Å². The zero-order valence-corrected chi connectivity index (χ0v) is 29.9. The van der Waals surface area contributed by atoms with Crippen LogP contribution in [0.25, 0.3) is 22.3 Å². The minimum atomic E-state index is -0.613. The molecule has 0 aliphatic carbocycles. The highest BCUT2D eigenvalue weighted by atomic mass is 16.5. The summed E-state index contributed by atoms with van der Waals surface area (Å²) in [5.74, 6) is 3.21. The SMILES string of the molecule is Cc1ccccc1-c1ccccc1Oc1ccc(C(c2ccccc2)(c2ccccc2)c2ccc(Oc3ccccc3-c3ccccc3C)cc2)cc1. The molecule has 0 bridgehead atoms. The minimum absolute atomic E-state index is 0.613. The van der Waals surface area contributed by atoms with Crippen LogP contribution in [0.1, 0.15) is 33.4 Å². The van der Waals surface area contributed by atoms with Gasteiger partial charge in [-0.1, -0.05) is 170 Å². The van der Waals surface area contributed by atoms with E-state index in [-0.39, 0.29) is 0 Å². The van der Waals surface area contributed by atoms with Gasteiger partial charge in [0, 0.05) is 11.1 Å². The molecule has 0 saturated carbocycles. The molecule has 0 aliphatic rings. The van der Waals surface area contributed by atoms with Crippen molar-refractivity contribution in [1.82, 2.24) is 0 Å². The van der Waals surface area contributed by atoms with Gasteiger partial charge in [0.15, 0.2) is 0 Å². The van der Waals surface area contributed by atoms with Crippen LogP contribution < -0.4 is 9.47 Å². The minimum Gasteiger partial charge on any atom is -0.457 e. The molecule has 2 heteroatoms. The highest BCUT2D eigenvalue weighted by molar-refractivity contribution is 5.75. The van der Waals surface area contributed by atoms with E-state index in [0.717, 1.165) is 56.4 Å². The fourth-order valence-electron chi connectivity index (χ4n) is 7.48. The van der Waals surface area contributed by atoms with Gasteiger partial charge in [-0.25, -0.2) is 0 Å². The number of benzene rings is 8. The second-order valence-corrected chi connectivity index (χ2v) is 13.4. The van der Waals surface area contributed by atoms with Crippen LogP contribution in [-0.2, 0) is 5.41 Å². The molecule has 0 spiro atoms. The van der Waals surface area contributed by atoms with E-state index in [1.165, 1.54) is 22.3 Å². The third-order valence-electron chi connectivity index (χ3n) is 10.1. The Morgan fingerprint density at radius 3 is 0.962 bits per heavy atom. The second-order valence-electron chi connectivity index (χ2n) is 13.4. The van der Waals surface area contributed by atoms with Crippen molar-refractivity contribution in [3.63, 3.8) is 0 Å². The molecule has 0 aromatic heterocycles. The lowest BCUT2D eigenvalue weighted by atomic mass is 9.65. The van der Waals surface area contributed by atoms with E-state index >= 15 is 0 Å². The number of aryl methyl sites for hydroxylation is 2. The molecule has 53 heavy (non-hydrogen) atoms. The van der Waals surface area contributed by atoms with E-state index in [0.29, 0.717) is 0 Å². The first-order valence-corrected chi connectivity index (χ1v) is 18.1. The predicted molar refractivity (Wildman–Crippen MR) is 218 cm³/mol. The first-order chi connectivity index (χ1) is 26.1. The zero-order valence-electron chi connectivity index (χ0n) is 29.9. The van der Waals surface area contributed by atoms with E-state index in [9.17, 15) is 0 Å². The van der Waals surface area contributed by atoms with Crippen LogP contribution in [0.2, 0.25) is 0 Å². The van der Waals surface area contributed by atoms with Gasteiger partial charge in [0.1, 0.15) is 23.0 Å². The fourth-order valence-corrected chi connectivity index (χ4v) is 7.48. The van der Waals surface area contributed by atoms with Gasteiger partial charge >= 0.3 is 0 Å². The fraction of sp³-hybridized carbons (Fsp3) is 0.0588. The van der Waals surface area contributed by atoms with Crippen molar-refractivity contribution in [3.8, 4) is 45.3 Å². The molecular formula is C51H40O2. The molecule has 8 aromatic rings. The highest BCUT2D eigenvalue weighted by Gasteiger charge is 2.38.